The monoisotopic (exact) mass is 158 g/mol. The molecule has 0 fully saturated rings. The number of hydrogen-bond donors (Lipinski definition) is 2. The molecule has 0 spiro atoms. The zero-order chi connectivity index (χ0) is 8.69. The van der Waals surface area contributed by atoms with Crippen LogP contribution in [0.4, 0.5) is 4.79 Å². The van der Waals surface area contributed by atoms with E-state index in [4.69, 9.17) is 5.73 Å². The van der Waals surface area contributed by atoms with E-state index in [1.165, 1.54) is 19.3 Å². The number of amides is 2. The highest BCUT2D eigenvalue weighted by molar-refractivity contribution is 5.81. The summed E-state index contributed by atoms with van der Waals surface area (Å²) >= 11 is 0. The molecule has 2 amide bonds. The third-order valence-electron chi connectivity index (χ3n) is 0.849. The van der Waals surface area contributed by atoms with Crippen molar-refractivity contribution in [2.75, 3.05) is 13.7 Å². The molecule has 11 heavy (non-hydrogen) atoms. The van der Waals surface area contributed by atoms with Crippen molar-refractivity contribution in [3.63, 3.8) is 0 Å². The molecule has 5 heteroatoms. The predicted molar refractivity (Wildman–Crippen MR) is 38.7 cm³/mol. The average Bonchev–Trinajstić information content (AvgIpc) is 1.97. The number of urea groups is 1. The normalized spacial score (nSPS) is 9.55. The van der Waals surface area contributed by atoms with Crippen LogP contribution in [0, 0.1) is 0 Å². The molecular weight excluding hydrogens is 148 g/mol. The summed E-state index contributed by atoms with van der Waals surface area (Å²) < 4.78 is 4.29. The molecule has 0 aromatic heterocycles. The number of rotatable bonds is 3. The highest BCUT2D eigenvalue weighted by Crippen LogP contribution is 1.75. The van der Waals surface area contributed by atoms with Crippen molar-refractivity contribution in [1.82, 2.24) is 5.32 Å². The lowest BCUT2D eigenvalue weighted by molar-refractivity contribution is -0.134. The maximum atomic E-state index is 10.4. The Morgan fingerprint density at radius 3 is 2.73 bits per heavy atom. The molecule has 0 aliphatic rings. The van der Waals surface area contributed by atoms with Crippen LogP contribution in [0.25, 0.3) is 0 Å². The topological polar surface area (TPSA) is 81.4 Å². The molecule has 0 saturated heterocycles. The van der Waals surface area contributed by atoms with Gasteiger partial charge in [0.05, 0.1) is 7.11 Å². The van der Waals surface area contributed by atoms with Crippen molar-refractivity contribution in [3.05, 3.63) is 12.2 Å². The third-order valence-corrected chi connectivity index (χ3v) is 0.849. The second-order valence-electron chi connectivity index (χ2n) is 1.67. The van der Waals surface area contributed by atoms with E-state index in [0.29, 0.717) is 0 Å². The van der Waals surface area contributed by atoms with Gasteiger partial charge in [0.2, 0.25) is 0 Å². The second-order valence-corrected chi connectivity index (χ2v) is 1.67. The van der Waals surface area contributed by atoms with Gasteiger partial charge in [0.15, 0.2) is 0 Å². The summed E-state index contributed by atoms with van der Waals surface area (Å²) in [7, 11) is 1.27. The summed E-state index contributed by atoms with van der Waals surface area (Å²) in [5.74, 6) is -0.462. The van der Waals surface area contributed by atoms with Gasteiger partial charge in [-0.05, 0) is 0 Å². The zero-order valence-electron chi connectivity index (χ0n) is 6.16. The van der Waals surface area contributed by atoms with Crippen LogP contribution < -0.4 is 11.1 Å². The molecule has 3 N–H and O–H groups in total. The first-order valence-corrected chi connectivity index (χ1v) is 2.94. The Bertz CT molecular complexity index is 177. The summed E-state index contributed by atoms with van der Waals surface area (Å²) in [5.41, 5.74) is 4.74. The summed E-state index contributed by atoms with van der Waals surface area (Å²) in [6, 6.07) is -0.625. The Morgan fingerprint density at radius 1 is 1.64 bits per heavy atom. The fourth-order valence-electron chi connectivity index (χ4n) is 0.383. The highest BCUT2D eigenvalue weighted by atomic mass is 16.5. The molecule has 0 unspecified atom stereocenters. The van der Waals surface area contributed by atoms with E-state index in [0.717, 1.165) is 0 Å². The first-order chi connectivity index (χ1) is 5.16. The molecule has 0 bridgehead atoms. The molecule has 0 saturated carbocycles. The number of nitrogens with one attached hydrogen (secondary N) is 1. The largest absolute Gasteiger partial charge is 0.466 e. The van der Waals surface area contributed by atoms with Crippen molar-refractivity contribution in [2.24, 2.45) is 5.73 Å². The molecule has 5 nitrogen and oxygen atoms in total. The van der Waals surface area contributed by atoms with Crippen LogP contribution in [-0.2, 0) is 9.53 Å². The summed E-state index contributed by atoms with van der Waals surface area (Å²) in [6.45, 7) is 0.227. The van der Waals surface area contributed by atoms with Gasteiger partial charge in [-0.25, -0.2) is 9.59 Å². The average molecular weight is 158 g/mol. The lowest BCUT2D eigenvalue weighted by Crippen LogP contribution is -2.29. The summed E-state index contributed by atoms with van der Waals surface area (Å²) in [6.07, 6.45) is 2.65. The minimum atomic E-state index is -0.625. The number of ether oxygens (including phenoxy) is 1. The molecule has 0 atom stereocenters. The van der Waals surface area contributed by atoms with Gasteiger partial charge < -0.3 is 15.8 Å². The quantitative estimate of drug-likeness (QED) is 0.424. The summed E-state index contributed by atoms with van der Waals surface area (Å²) in [5, 5.41) is 2.27. The lowest BCUT2D eigenvalue weighted by Gasteiger charge is -1.93. The van der Waals surface area contributed by atoms with E-state index in [1.807, 2.05) is 0 Å². The van der Waals surface area contributed by atoms with Gasteiger partial charge in [-0.1, -0.05) is 6.08 Å². The van der Waals surface area contributed by atoms with Crippen molar-refractivity contribution in [1.29, 1.82) is 0 Å². The first kappa shape index (κ1) is 9.48. The van der Waals surface area contributed by atoms with Crippen LogP contribution in [0.1, 0.15) is 0 Å². The van der Waals surface area contributed by atoms with E-state index >= 15 is 0 Å². The molecule has 0 aromatic rings. The van der Waals surface area contributed by atoms with Gasteiger partial charge in [-0.15, -0.1) is 0 Å². The number of esters is 1. The maximum Gasteiger partial charge on any atom is 0.330 e. The van der Waals surface area contributed by atoms with Gasteiger partial charge in [-0.2, -0.15) is 0 Å². The molecule has 62 valence electrons. The lowest BCUT2D eigenvalue weighted by atomic mass is 10.5. The van der Waals surface area contributed by atoms with E-state index < -0.39 is 12.0 Å². The van der Waals surface area contributed by atoms with E-state index in [9.17, 15) is 9.59 Å². The molecule has 0 rings (SSSR count). The number of nitrogens with two attached hydrogens (primary N) is 1. The molecule has 0 aliphatic heterocycles. The Hall–Kier alpha value is -1.52. The smallest absolute Gasteiger partial charge is 0.330 e. The van der Waals surface area contributed by atoms with Crippen LogP contribution in [0.2, 0.25) is 0 Å². The number of methoxy groups -OCH3 is 1. The highest BCUT2D eigenvalue weighted by Gasteiger charge is 1.89. The SMILES string of the molecule is COC(=O)C=CCNC(N)=O. The van der Waals surface area contributed by atoms with E-state index in [1.54, 1.807) is 0 Å². The molecule has 0 radical (unpaired) electrons. The number of carbonyl (C=O) groups is 2. The first-order valence-electron chi connectivity index (χ1n) is 2.94. The van der Waals surface area contributed by atoms with Crippen LogP contribution >= 0.6 is 0 Å². The number of carbonyl (C=O) groups excluding carboxylic acids is 2. The van der Waals surface area contributed by atoms with E-state index in [-0.39, 0.29) is 6.54 Å². The van der Waals surface area contributed by atoms with Gasteiger partial charge >= 0.3 is 12.0 Å². The molecular formula is C6H10N2O3. The van der Waals surface area contributed by atoms with Crippen molar-refractivity contribution in [2.45, 2.75) is 0 Å². The third kappa shape index (κ3) is 6.36. The Kier molecular flexibility index (Phi) is 4.55. The Labute approximate surface area is 64.2 Å². The second kappa shape index (κ2) is 5.28. The van der Waals surface area contributed by atoms with Gasteiger partial charge in [-0.3, -0.25) is 0 Å². The van der Waals surface area contributed by atoms with Crippen LogP contribution in [0.15, 0.2) is 12.2 Å². The fraction of sp³-hybridized carbons (Fsp3) is 0.333. The van der Waals surface area contributed by atoms with Gasteiger partial charge in [0.25, 0.3) is 0 Å². The maximum absolute atomic E-state index is 10.4. The van der Waals surface area contributed by atoms with Crippen molar-refractivity contribution in [3.8, 4) is 0 Å². The Morgan fingerprint density at radius 2 is 2.27 bits per heavy atom. The summed E-state index contributed by atoms with van der Waals surface area (Å²) in [4.78, 5) is 20.5. The fourth-order valence-corrected chi connectivity index (χ4v) is 0.383. The zero-order valence-corrected chi connectivity index (χ0v) is 6.16. The standard InChI is InChI=1S/C6H10N2O3/c1-11-5(9)3-2-4-8-6(7)10/h2-3H,4H2,1H3,(H3,7,8,10). The minimum absolute atomic E-state index is 0.227. The molecule has 0 aliphatic carbocycles. The van der Waals surface area contributed by atoms with Gasteiger partial charge in [0.1, 0.15) is 0 Å². The number of hydrogen-bond acceptors (Lipinski definition) is 3. The molecule has 0 heterocycles. The van der Waals surface area contributed by atoms with Crippen LogP contribution in [-0.4, -0.2) is 25.7 Å². The minimum Gasteiger partial charge on any atom is -0.466 e. The van der Waals surface area contributed by atoms with Crippen molar-refractivity contribution < 1.29 is 14.3 Å². The predicted octanol–water partition coefficient (Wildman–Crippen LogP) is -0.616. The van der Waals surface area contributed by atoms with Crippen LogP contribution in [0.3, 0.4) is 0 Å². The Balaban J connectivity index is 3.45. The van der Waals surface area contributed by atoms with E-state index in [2.05, 4.69) is 10.1 Å². The van der Waals surface area contributed by atoms with Gasteiger partial charge in [0, 0.05) is 12.6 Å². The van der Waals surface area contributed by atoms with Crippen molar-refractivity contribution >= 4 is 12.0 Å². The number of primary amides is 1. The van der Waals surface area contributed by atoms with Crippen LogP contribution in [0.5, 0.6) is 0 Å². The molecule has 0 aromatic carbocycles.